The summed E-state index contributed by atoms with van der Waals surface area (Å²) in [5, 5.41) is 1.47. The van der Waals surface area contributed by atoms with Crippen molar-refractivity contribution in [2.24, 2.45) is 0 Å². The molecule has 2 rings (SSSR count). The molecule has 0 N–H and O–H groups in total. The fourth-order valence-electron chi connectivity index (χ4n) is 1.78. The van der Waals surface area contributed by atoms with Crippen LogP contribution in [0.4, 0.5) is 0 Å². The van der Waals surface area contributed by atoms with Gasteiger partial charge in [-0.15, -0.1) is 0 Å². The Labute approximate surface area is 118 Å². The Morgan fingerprint density at radius 2 is 1.61 bits per heavy atom. The minimum Gasteiger partial charge on any atom is -0.0843 e. The summed E-state index contributed by atoms with van der Waals surface area (Å²) < 4.78 is 0. The average Bonchev–Trinajstić information content (AvgIpc) is 2.40. The van der Waals surface area contributed by atoms with E-state index in [1.807, 2.05) is 42.5 Å². The van der Waals surface area contributed by atoms with Gasteiger partial charge in [0.25, 0.3) is 0 Å². The third-order valence-corrected chi connectivity index (χ3v) is 3.44. The fourth-order valence-corrected chi connectivity index (χ4v) is 2.22. The van der Waals surface area contributed by atoms with Gasteiger partial charge in [0.15, 0.2) is 0 Å². The third-order valence-electron chi connectivity index (χ3n) is 2.84. The summed E-state index contributed by atoms with van der Waals surface area (Å²) in [5.41, 5.74) is 2.24. The third kappa shape index (κ3) is 3.38. The zero-order chi connectivity index (χ0) is 13.0. The van der Waals surface area contributed by atoms with Crippen molar-refractivity contribution in [2.45, 2.75) is 12.8 Å². The average molecular weight is 277 g/mol. The summed E-state index contributed by atoms with van der Waals surface area (Å²) in [6.45, 7) is 2.13. The number of rotatable bonds is 3. The number of allylic oxidation sites excluding steroid dienone is 1. The molecule has 0 aliphatic heterocycles. The molecular formula is C16H14Cl2. The summed E-state index contributed by atoms with van der Waals surface area (Å²) in [6, 6.07) is 17.9. The molecule has 0 aliphatic rings. The standard InChI is InChI=1S/C16H14Cl2/c1-12(13-5-3-2-4-6-13)11-16(18)14-7-9-15(17)10-8-14/h2-12H,1H3/b16-11+. The van der Waals surface area contributed by atoms with Crippen LogP contribution in [0.15, 0.2) is 60.7 Å². The van der Waals surface area contributed by atoms with Gasteiger partial charge in [0.1, 0.15) is 0 Å². The van der Waals surface area contributed by atoms with E-state index in [4.69, 9.17) is 23.2 Å². The van der Waals surface area contributed by atoms with Crippen molar-refractivity contribution >= 4 is 28.2 Å². The summed E-state index contributed by atoms with van der Waals surface area (Å²) in [6.07, 6.45) is 2.06. The van der Waals surface area contributed by atoms with Gasteiger partial charge in [-0.3, -0.25) is 0 Å². The van der Waals surface area contributed by atoms with Gasteiger partial charge in [0.2, 0.25) is 0 Å². The van der Waals surface area contributed by atoms with Crippen molar-refractivity contribution in [3.8, 4) is 0 Å². The number of hydrogen-bond donors (Lipinski definition) is 0. The molecule has 0 aliphatic carbocycles. The Balaban J connectivity index is 2.20. The van der Waals surface area contributed by atoms with Crippen LogP contribution < -0.4 is 0 Å². The second-order valence-electron chi connectivity index (χ2n) is 4.22. The monoisotopic (exact) mass is 276 g/mol. The highest BCUT2D eigenvalue weighted by Gasteiger charge is 2.04. The lowest BCUT2D eigenvalue weighted by atomic mass is 10.00. The van der Waals surface area contributed by atoms with E-state index >= 15 is 0 Å². The number of benzene rings is 2. The van der Waals surface area contributed by atoms with E-state index in [1.54, 1.807) is 0 Å². The zero-order valence-electron chi connectivity index (χ0n) is 10.1. The summed E-state index contributed by atoms with van der Waals surface area (Å²) in [4.78, 5) is 0. The van der Waals surface area contributed by atoms with Crippen LogP contribution >= 0.6 is 23.2 Å². The highest BCUT2D eigenvalue weighted by Crippen LogP contribution is 2.26. The van der Waals surface area contributed by atoms with E-state index < -0.39 is 0 Å². The van der Waals surface area contributed by atoms with Crippen LogP contribution in [0.3, 0.4) is 0 Å². The highest BCUT2D eigenvalue weighted by atomic mass is 35.5. The van der Waals surface area contributed by atoms with Gasteiger partial charge in [-0.1, -0.05) is 78.7 Å². The molecule has 1 unspecified atom stereocenters. The van der Waals surface area contributed by atoms with Crippen molar-refractivity contribution < 1.29 is 0 Å². The molecule has 2 aromatic carbocycles. The van der Waals surface area contributed by atoms with Crippen LogP contribution in [0.25, 0.3) is 5.03 Å². The van der Waals surface area contributed by atoms with Crippen molar-refractivity contribution in [1.29, 1.82) is 0 Å². The molecule has 0 saturated heterocycles. The van der Waals surface area contributed by atoms with E-state index in [2.05, 4.69) is 25.1 Å². The predicted molar refractivity (Wildman–Crippen MR) is 80.1 cm³/mol. The molecule has 92 valence electrons. The highest BCUT2D eigenvalue weighted by molar-refractivity contribution is 6.48. The lowest BCUT2D eigenvalue weighted by molar-refractivity contribution is 0.972. The van der Waals surface area contributed by atoms with Gasteiger partial charge in [-0.05, 0) is 23.3 Å². The van der Waals surface area contributed by atoms with Crippen LogP contribution in [0.5, 0.6) is 0 Å². The molecule has 0 aromatic heterocycles. The lowest BCUT2D eigenvalue weighted by Crippen LogP contribution is -1.89. The molecular weight excluding hydrogens is 263 g/mol. The van der Waals surface area contributed by atoms with E-state index in [0.29, 0.717) is 0 Å². The molecule has 18 heavy (non-hydrogen) atoms. The Kier molecular flexibility index (Phi) is 4.46. The molecule has 1 atom stereocenters. The van der Waals surface area contributed by atoms with Gasteiger partial charge in [-0.2, -0.15) is 0 Å². The smallest absolute Gasteiger partial charge is 0.0444 e. The van der Waals surface area contributed by atoms with Gasteiger partial charge >= 0.3 is 0 Å². The quantitative estimate of drug-likeness (QED) is 0.672. The molecule has 0 spiro atoms. The molecule has 0 fully saturated rings. The molecule has 2 heteroatoms. The minimum atomic E-state index is 0.286. The first-order chi connectivity index (χ1) is 8.66. The van der Waals surface area contributed by atoms with Gasteiger partial charge in [0, 0.05) is 16.0 Å². The molecule has 0 heterocycles. The van der Waals surface area contributed by atoms with Crippen molar-refractivity contribution in [2.75, 3.05) is 0 Å². The van der Waals surface area contributed by atoms with Crippen LogP contribution in [0.1, 0.15) is 24.0 Å². The lowest BCUT2D eigenvalue weighted by Gasteiger charge is -2.08. The van der Waals surface area contributed by atoms with E-state index in [1.165, 1.54) is 5.56 Å². The van der Waals surface area contributed by atoms with Crippen LogP contribution in [-0.4, -0.2) is 0 Å². The second kappa shape index (κ2) is 6.08. The van der Waals surface area contributed by atoms with Gasteiger partial charge in [-0.25, -0.2) is 0 Å². The SMILES string of the molecule is CC(/C=C(/Cl)c1ccc(Cl)cc1)c1ccccc1. The molecule has 0 amide bonds. The maximum Gasteiger partial charge on any atom is 0.0444 e. The molecule has 0 saturated carbocycles. The Morgan fingerprint density at radius 3 is 2.22 bits per heavy atom. The minimum absolute atomic E-state index is 0.286. The van der Waals surface area contributed by atoms with Gasteiger partial charge < -0.3 is 0 Å². The first kappa shape index (κ1) is 13.2. The van der Waals surface area contributed by atoms with E-state index in [0.717, 1.165) is 15.6 Å². The Bertz CT molecular complexity index is 527. The zero-order valence-corrected chi connectivity index (χ0v) is 11.6. The normalized spacial score (nSPS) is 13.4. The Morgan fingerprint density at radius 1 is 1.00 bits per heavy atom. The summed E-state index contributed by atoms with van der Waals surface area (Å²) in [7, 11) is 0. The molecule has 2 aromatic rings. The van der Waals surface area contributed by atoms with E-state index in [9.17, 15) is 0 Å². The maximum absolute atomic E-state index is 6.32. The van der Waals surface area contributed by atoms with Crippen molar-refractivity contribution in [3.05, 3.63) is 76.8 Å². The summed E-state index contributed by atoms with van der Waals surface area (Å²) in [5.74, 6) is 0.286. The first-order valence-electron chi connectivity index (χ1n) is 5.85. The maximum atomic E-state index is 6.32. The molecule has 0 bridgehead atoms. The van der Waals surface area contributed by atoms with Crippen molar-refractivity contribution in [1.82, 2.24) is 0 Å². The topological polar surface area (TPSA) is 0 Å². The van der Waals surface area contributed by atoms with Crippen LogP contribution in [0, 0.1) is 0 Å². The molecule has 0 radical (unpaired) electrons. The summed E-state index contributed by atoms with van der Waals surface area (Å²) >= 11 is 12.2. The second-order valence-corrected chi connectivity index (χ2v) is 5.06. The van der Waals surface area contributed by atoms with Crippen molar-refractivity contribution in [3.63, 3.8) is 0 Å². The molecule has 0 nitrogen and oxygen atoms in total. The van der Waals surface area contributed by atoms with Gasteiger partial charge in [0.05, 0.1) is 0 Å². The number of hydrogen-bond acceptors (Lipinski definition) is 0. The van der Waals surface area contributed by atoms with Crippen LogP contribution in [-0.2, 0) is 0 Å². The Hall–Kier alpha value is -1.24. The number of halogens is 2. The predicted octanol–water partition coefficient (Wildman–Crippen LogP) is 5.72. The van der Waals surface area contributed by atoms with Crippen LogP contribution in [0.2, 0.25) is 5.02 Å². The first-order valence-corrected chi connectivity index (χ1v) is 6.60. The largest absolute Gasteiger partial charge is 0.0843 e. The van der Waals surface area contributed by atoms with E-state index in [-0.39, 0.29) is 5.92 Å². The fraction of sp³-hybridized carbons (Fsp3) is 0.125.